The summed E-state index contributed by atoms with van der Waals surface area (Å²) >= 11 is 0. The third kappa shape index (κ3) is 6.14. The van der Waals surface area contributed by atoms with E-state index >= 15 is 0 Å². The molecule has 7 heteroatoms. The van der Waals surface area contributed by atoms with Crippen LogP contribution in [0.3, 0.4) is 0 Å². The molecular weight excluding hydrogens is 420 g/mol. The summed E-state index contributed by atoms with van der Waals surface area (Å²) in [7, 11) is 0. The number of anilines is 1. The number of amides is 2. The fourth-order valence-electron chi connectivity index (χ4n) is 3.58. The van der Waals surface area contributed by atoms with Crippen molar-refractivity contribution >= 4 is 23.1 Å². The molecule has 0 radical (unpaired) electrons. The van der Waals surface area contributed by atoms with Crippen molar-refractivity contribution in [2.24, 2.45) is 0 Å². The van der Waals surface area contributed by atoms with Crippen LogP contribution < -0.4 is 14.8 Å². The van der Waals surface area contributed by atoms with Crippen LogP contribution in [0.25, 0.3) is 5.57 Å². The zero-order valence-corrected chi connectivity index (χ0v) is 19.7. The summed E-state index contributed by atoms with van der Waals surface area (Å²) in [6.45, 7) is 9.64. The minimum Gasteiger partial charge on any atom is -0.494 e. The van der Waals surface area contributed by atoms with E-state index in [0.717, 1.165) is 0 Å². The lowest BCUT2D eigenvalue weighted by molar-refractivity contribution is -0.137. The molecular formula is C26H32N2O5. The number of hydrogen-bond acceptors (Lipinski definition) is 6. The second-order valence-electron chi connectivity index (χ2n) is 7.84. The number of imide groups is 1. The van der Waals surface area contributed by atoms with Gasteiger partial charge < -0.3 is 19.5 Å². The quantitative estimate of drug-likeness (QED) is 0.378. The Morgan fingerprint density at radius 2 is 1.70 bits per heavy atom. The number of ether oxygens (including phenoxy) is 3. The highest BCUT2D eigenvalue weighted by Crippen LogP contribution is 2.32. The van der Waals surface area contributed by atoms with Crippen LogP contribution in [0.5, 0.6) is 11.5 Å². The number of carbonyl (C=O) groups is 2. The van der Waals surface area contributed by atoms with E-state index in [9.17, 15) is 9.59 Å². The van der Waals surface area contributed by atoms with Crippen molar-refractivity contribution < 1.29 is 23.8 Å². The van der Waals surface area contributed by atoms with Gasteiger partial charge in [-0.2, -0.15) is 0 Å². The number of benzene rings is 2. The molecule has 0 aromatic heterocycles. The monoisotopic (exact) mass is 452 g/mol. The van der Waals surface area contributed by atoms with Gasteiger partial charge in [0.05, 0.1) is 18.3 Å². The Labute approximate surface area is 195 Å². The molecule has 3 rings (SSSR count). The number of rotatable bonds is 12. The van der Waals surface area contributed by atoms with Gasteiger partial charge in [0, 0.05) is 31.5 Å². The first kappa shape index (κ1) is 24.3. The van der Waals surface area contributed by atoms with Crippen LogP contribution in [-0.2, 0) is 14.3 Å². The average molecular weight is 453 g/mol. The van der Waals surface area contributed by atoms with Gasteiger partial charge in [0.1, 0.15) is 17.2 Å². The van der Waals surface area contributed by atoms with E-state index in [1.807, 2.05) is 64.1 Å². The van der Waals surface area contributed by atoms with Crippen LogP contribution in [0.4, 0.5) is 5.69 Å². The molecule has 1 aliphatic rings. The first-order valence-electron chi connectivity index (χ1n) is 11.4. The van der Waals surface area contributed by atoms with Gasteiger partial charge in [0.25, 0.3) is 11.8 Å². The highest BCUT2D eigenvalue weighted by atomic mass is 16.5. The minimum atomic E-state index is -0.351. The van der Waals surface area contributed by atoms with Gasteiger partial charge in [-0.25, -0.2) is 0 Å². The Kier molecular flexibility index (Phi) is 8.49. The number of nitrogens with one attached hydrogen (secondary N) is 1. The summed E-state index contributed by atoms with van der Waals surface area (Å²) in [4.78, 5) is 27.9. The molecule has 7 nitrogen and oxygen atoms in total. The zero-order chi connectivity index (χ0) is 23.8. The largest absolute Gasteiger partial charge is 0.494 e. The molecule has 0 aliphatic carbocycles. The molecule has 2 aromatic carbocycles. The van der Waals surface area contributed by atoms with Crippen molar-refractivity contribution in [2.75, 3.05) is 31.7 Å². The summed E-state index contributed by atoms with van der Waals surface area (Å²) in [6.07, 6.45) is 0.618. The molecule has 0 fully saturated rings. The number of carbonyl (C=O) groups excluding carboxylic acids is 2. The smallest absolute Gasteiger partial charge is 0.278 e. The van der Waals surface area contributed by atoms with Gasteiger partial charge in [-0.05, 0) is 63.9 Å². The molecule has 1 heterocycles. The van der Waals surface area contributed by atoms with Gasteiger partial charge in [-0.15, -0.1) is 0 Å². The van der Waals surface area contributed by atoms with Gasteiger partial charge in [-0.3, -0.25) is 14.5 Å². The molecule has 33 heavy (non-hydrogen) atoms. The molecule has 176 valence electrons. The molecule has 1 aliphatic heterocycles. The standard InChI is InChI=1S/C26H32N2O5/c1-5-31-16-8-15-28-25(29)23(19-11-13-21(14-12-19)33-18(3)4)24(26(28)30)27-20-9-7-10-22(17-20)32-6-2/h7,9-14,17-18,27H,5-6,8,15-16H2,1-4H3. The molecule has 0 spiro atoms. The van der Waals surface area contributed by atoms with Crippen LogP contribution >= 0.6 is 0 Å². The van der Waals surface area contributed by atoms with Crippen LogP contribution in [-0.4, -0.2) is 49.2 Å². The Balaban J connectivity index is 1.93. The zero-order valence-electron chi connectivity index (χ0n) is 19.7. The summed E-state index contributed by atoms with van der Waals surface area (Å²) in [5, 5.41) is 3.17. The second-order valence-corrected chi connectivity index (χ2v) is 7.84. The van der Waals surface area contributed by atoms with Crippen LogP contribution in [0, 0.1) is 0 Å². The van der Waals surface area contributed by atoms with Crippen molar-refractivity contribution in [3.8, 4) is 11.5 Å². The minimum absolute atomic E-state index is 0.0421. The maximum atomic E-state index is 13.3. The molecule has 0 atom stereocenters. The maximum Gasteiger partial charge on any atom is 0.278 e. The fraction of sp³-hybridized carbons (Fsp3) is 0.385. The van der Waals surface area contributed by atoms with Gasteiger partial charge in [-0.1, -0.05) is 18.2 Å². The topological polar surface area (TPSA) is 77.1 Å². The third-order valence-electron chi connectivity index (χ3n) is 4.97. The summed E-state index contributed by atoms with van der Waals surface area (Å²) in [5.74, 6) is 0.720. The second kappa shape index (κ2) is 11.5. The number of nitrogens with zero attached hydrogens (tertiary/aromatic N) is 1. The van der Waals surface area contributed by atoms with Gasteiger partial charge in [0.2, 0.25) is 0 Å². The lowest BCUT2D eigenvalue weighted by Gasteiger charge is -2.15. The predicted octanol–water partition coefficient (Wildman–Crippen LogP) is 4.49. The Morgan fingerprint density at radius 3 is 2.36 bits per heavy atom. The highest BCUT2D eigenvalue weighted by Gasteiger charge is 2.38. The normalized spacial score (nSPS) is 13.8. The van der Waals surface area contributed by atoms with E-state index < -0.39 is 0 Å². The molecule has 0 saturated carbocycles. The third-order valence-corrected chi connectivity index (χ3v) is 4.97. The van der Waals surface area contributed by atoms with Gasteiger partial charge >= 0.3 is 0 Å². The van der Waals surface area contributed by atoms with E-state index in [0.29, 0.717) is 61.1 Å². The highest BCUT2D eigenvalue weighted by molar-refractivity contribution is 6.36. The van der Waals surface area contributed by atoms with Crippen molar-refractivity contribution in [3.63, 3.8) is 0 Å². The van der Waals surface area contributed by atoms with Crippen molar-refractivity contribution in [3.05, 3.63) is 59.8 Å². The van der Waals surface area contributed by atoms with E-state index in [4.69, 9.17) is 14.2 Å². The Bertz CT molecular complexity index is 998. The van der Waals surface area contributed by atoms with E-state index in [1.54, 1.807) is 12.1 Å². The molecule has 2 amide bonds. The van der Waals surface area contributed by atoms with Crippen molar-refractivity contribution in [1.82, 2.24) is 4.90 Å². The van der Waals surface area contributed by atoms with Gasteiger partial charge in [0.15, 0.2) is 0 Å². The summed E-state index contributed by atoms with van der Waals surface area (Å²) < 4.78 is 16.7. The van der Waals surface area contributed by atoms with Crippen LogP contribution in [0.1, 0.15) is 39.7 Å². The van der Waals surface area contributed by atoms with Crippen LogP contribution in [0.15, 0.2) is 54.2 Å². The summed E-state index contributed by atoms with van der Waals surface area (Å²) in [5.41, 5.74) is 1.92. The van der Waals surface area contributed by atoms with E-state index in [2.05, 4.69) is 5.32 Å². The lowest BCUT2D eigenvalue weighted by atomic mass is 10.0. The van der Waals surface area contributed by atoms with E-state index in [1.165, 1.54) is 4.90 Å². The Hall–Kier alpha value is -3.32. The molecule has 0 saturated heterocycles. The predicted molar refractivity (Wildman–Crippen MR) is 128 cm³/mol. The SMILES string of the molecule is CCOCCCN1C(=O)C(Nc2cccc(OCC)c2)=C(c2ccc(OC(C)C)cc2)C1=O. The molecule has 0 bridgehead atoms. The fourth-order valence-corrected chi connectivity index (χ4v) is 3.58. The first-order chi connectivity index (χ1) is 15.9. The molecule has 0 unspecified atom stereocenters. The summed E-state index contributed by atoms with van der Waals surface area (Å²) in [6, 6.07) is 14.6. The Morgan fingerprint density at radius 1 is 0.939 bits per heavy atom. The average Bonchev–Trinajstić information content (AvgIpc) is 3.01. The van der Waals surface area contributed by atoms with Crippen molar-refractivity contribution in [2.45, 2.75) is 40.2 Å². The lowest BCUT2D eigenvalue weighted by Crippen LogP contribution is -2.34. The molecule has 1 N–H and O–H groups in total. The number of hydrogen-bond donors (Lipinski definition) is 1. The first-order valence-corrected chi connectivity index (χ1v) is 11.4. The van der Waals surface area contributed by atoms with Crippen LogP contribution in [0.2, 0.25) is 0 Å². The maximum absolute atomic E-state index is 13.3. The van der Waals surface area contributed by atoms with Crippen molar-refractivity contribution in [1.29, 1.82) is 0 Å². The molecule has 2 aromatic rings. The van der Waals surface area contributed by atoms with E-state index in [-0.39, 0.29) is 23.6 Å².